The summed E-state index contributed by atoms with van der Waals surface area (Å²) >= 11 is 0. The van der Waals surface area contributed by atoms with E-state index < -0.39 is 0 Å². The highest BCUT2D eigenvalue weighted by Gasteiger charge is 2.17. The van der Waals surface area contributed by atoms with Crippen molar-refractivity contribution < 1.29 is 4.79 Å². The molecule has 0 radical (unpaired) electrons. The third kappa shape index (κ3) is 3.36. The molecular formula is C20H22N4O. The van der Waals surface area contributed by atoms with Crippen molar-refractivity contribution in [2.45, 2.75) is 19.4 Å². The zero-order valence-electron chi connectivity index (χ0n) is 14.4. The molecule has 0 fully saturated rings. The molecular weight excluding hydrogens is 312 g/mol. The second-order valence-corrected chi connectivity index (χ2v) is 6.63. The number of benzene rings is 1. The van der Waals surface area contributed by atoms with Crippen LogP contribution in [-0.4, -0.2) is 33.4 Å². The summed E-state index contributed by atoms with van der Waals surface area (Å²) in [5.41, 5.74) is 5.56. The van der Waals surface area contributed by atoms with E-state index in [0.29, 0.717) is 6.54 Å². The molecule has 0 saturated carbocycles. The molecule has 1 aromatic carbocycles. The first-order chi connectivity index (χ1) is 12.2. The van der Waals surface area contributed by atoms with Crippen LogP contribution < -0.4 is 5.32 Å². The third-order valence-corrected chi connectivity index (χ3v) is 4.86. The number of aryl methyl sites for hydroxylation is 1. The van der Waals surface area contributed by atoms with Crippen LogP contribution in [0.15, 0.2) is 54.6 Å². The molecule has 0 atom stereocenters. The lowest BCUT2D eigenvalue weighted by Gasteiger charge is -2.26. The van der Waals surface area contributed by atoms with Gasteiger partial charge >= 0.3 is 0 Å². The van der Waals surface area contributed by atoms with Crippen molar-refractivity contribution in [2.75, 3.05) is 13.1 Å². The molecule has 1 amide bonds. The predicted molar refractivity (Wildman–Crippen MR) is 97.0 cm³/mol. The Morgan fingerprint density at radius 1 is 1.24 bits per heavy atom. The van der Waals surface area contributed by atoms with Gasteiger partial charge in [0.2, 0.25) is 0 Å². The Morgan fingerprint density at radius 3 is 2.72 bits per heavy atom. The van der Waals surface area contributed by atoms with Crippen molar-refractivity contribution in [3.05, 3.63) is 77.0 Å². The summed E-state index contributed by atoms with van der Waals surface area (Å²) in [6, 6.07) is 6.10. The van der Waals surface area contributed by atoms with Crippen molar-refractivity contribution in [1.29, 1.82) is 0 Å². The fourth-order valence-electron chi connectivity index (χ4n) is 3.35. The number of nitrogens with one attached hydrogen (secondary N) is 1. The maximum Gasteiger partial charge on any atom is 0.251 e. The molecule has 5 nitrogen and oxygen atoms in total. The highest BCUT2D eigenvalue weighted by molar-refractivity contribution is 5.94. The Morgan fingerprint density at radius 2 is 2.04 bits per heavy atom. The second-order valence-electron chi connectivity index (χ2n) is 6.63. The summed E-state index contributed by atoms with van der Waals surface area (Å²) in [7, 11) is 1.92. The molecule has 5 heteroatoms. The number of fused-ring (bicyclic) bond motifs is 1. The number of hydrogen-bond donors (Lipinski definition) is 1. The van der Waals surface area contributed by atoms with Crippen LogP contribution in [0.4, 0.5) is 0 Å². The topological polar surface area (TPSA) is 50.2 Å². The maximum absolute atomic E-state index is 12.5. The molecule has 2 aromatic rings. The first-order valence-corrected chi connectivity index (χ1v) is 8.69. The fraction of sp³-hybridized carbons (Fsp3) is 0.300. The molecule has 25 heavy (non-hydrogen) atoms. The molecule has 0 unspecified atom stereocenters. The van der Waals surface area contributed by atoms with Gasteiger partial charge < -0.3 is 14.8 Å². The van der Waals surface area contributed by atoms with E-state index in [-0.39, 0.29) is 5.91 Å². The maximum atomic E-state index is 12.5. The lowest BCUT2D eigenvalue weighted by molar-refractivity contribution is 0.0950. The van der Waals surface area contributed by atoms with Crippen molar-refractivity contribution in [1.82, 2.24) is 19.8 Å². The number of allylic oxidation sites excluding steroid dienone is 3. The van der Waals surface area contributed by atoms with Crippen LogP contribution in [0.5, 0.6) is 0 Å². The van der Waals surface area contributed by atoms with Gasteiger partial charge in [-0.1, -0.05) is 12.1 Å². The monoisotopic (exact) mass is 334 g/mol. The average Bonchev–Trinajstić information content (AvgIpc) is 2.87. The first kappa shape index (κ1) is 15.7. The summed E-state index contributed by atoms with van der Waals surface area (Å²) in [6.45, 7) is 2.49. The Labute approximate surface area is 147 Å². The summed E-state index contributed by atoms with van der Waals surface area (Å²) < 4.78 is 1.88. The Balaban J connectivity index is 1.42. The summed E-state index contributed by atoms with van der Waals surface area (Å²) in [4.78, 5) is 19.1. The number of imidazole rings is 1. The number of aromatic nitrogens is 2. The quantitative estimate of drug-likeness (QED) is 0.933. The minimum atomic E-state index is -0.0424. The van der Waals surface area contributed by atoms with Gasteiger partial charge in [0.25, 0.3) is 5.91 Å². The van der Waals surface area contributed by atoms with Gasteiger partial charge in [0.15, 0.2) is 0 Å². The van der Waals surface area contributed by atoms with Crippen LogP contribution in [0.25, 0.3) is 0 Å². The standard InChI is InChI=1S/C20H22N4O/c1-23-13-18(22-14-23)12-21-20(25)17-6-5-15-7-9-24(19-3-2-4-19)10-8-16(15)11-17/h2-6,11,13-14H,7-10,12H2,1H3,(H,21,25). The zero-order chi connectivity index (χ0) is 17.2. The minimum Gasteiger partial charge on any atom is -0.371 e. The molecule has 1 aliphatic heterocycles. The SMILES string of the molecule is Cn1cnc(CNC(=O)c2ccc3c(c2)CCN(C2=CC=C2)CC3)c1. The van der Waals surface area contributed by atoms with Gasteiger partial charge in [-0.25, -0.2) is 4.98 Å². The molecule has 1 N–H and O–H groups in total. The van der Waals surface area contributed by atoms with Crippen LogP contribution in [-0.2, 0) is 26.4 Å². The lowest BCUT2D eigenvalue weighted by atomic mass is 10.00. The normalized spacial score (nSPS) is 15.9. The number of carbonyl (C=O) groups is 1. The van der Waals surface area contributed by atoms with Crippen LogP contribution in [0.3, 0.4) is 0 Å². The van der Waals surface area contributed by atoms with Crippen LogP contribution in [0.1, 0.15) is 27.2 Å². The van der Waals surface area contributed by atoms with Crippen molar-refractivity contribution in [3.8, 4) is 0 Å². The summed E-state index contributed by atoms with van der Waals surface area (Å²) in [5.74, 6) is -0.0424. The van der Waals surface area contributed by atoms with Gasteiger partial charge in [-0.05, 0) is 48.3 Å². The van der Waals surface area contributed by atoms with Gasteiger partial charge in [0, 0.05) is 37.6 Å². The lowest BCUT2D eigenvalue weighted by Crippen LogP contribution is -2.26. The largest absolute Gasteiger partial charge is 0.371 e. The molecule has 0 spiro atoms. The highest BCUT2D eigenvalue weighted by Crippen LogP contribution is 2.22. The second kappa shape index (κ2) is 6.59. The number of rotatable bonds is 4. The summed E-state index contributed by atoms with van der Waals surface area (Å²) in [6.07, 6.45) is 12.0. The average molecular weight is 334 g/mol. The Hall–Kier alpha value is -2.82. The molecule has 2 aliphatic rings. The van der Waals surface area contributed by atoms with Gasteiger partial charge in [-0.3, -0.25) is 4.79 Å². The van der Waals surface area contributed by atoms with Crippen LogP contribution >= 0.6 is 0 Å². The number of carbonyl (C=O) groups excluding carboxylic acids is 1. The fourth-order valence-corrected chi connectivity index (χ4v) is 3.35. The van der Waals surface area contributed by atoms with E-state index in [9.17, 15) is 4.79 Å². The van der Waals surface area contributed by atoms with Gasteiger partial charge in [0.05, 0.1) is 18.6 Å². The third-order valence-electron chi connectivity index (χ3n) is 4.86. The molecule has 0 bridgehead atoms. The first-order valence-electron chi connectivity index (χ1n) is 8.69. The van der Waals surface area contributed by atoms with E-state index >= 15 is 0 Å². The van der Waals surface area contributed by atoms with E-state index in [4.69, 9.17) is 0 Å². The number of nitrogens with zero attached hydrogens (tertiary/aromatic N) is 3. The molecule has 0 saturated heterocycles. The van der Waals surface area contributed by atoms with Crippen molar-refractivity contribution >= 4 is 5.91 Å². The van der Waals surface area contributed by atoms with Gasteiger partial charge in [0.1, 0.15) is 0 Å². The molecule has 1 aliphatic carbocycles. The van der Waals surface area contributed by atoms with Crippen molar-refractivity contribution in [2.24, 2.45) is 7.05 Å². The smallest absolute Gasteiger partial charge is 0.251 e. The van der Waals surface area contributed by atoms with Crippen LogP contribution in [0.2, 0.25) is 0 Å². The zero-order valence-corrected chi connectivity index (χ0v) is 14.4. The van der Waals surface area contributed by atoms with E-state index in [0.717, 1.165) is 37.2 Å². The highest BCUT2D eigenvalue weighted by atomic mass is 16.1. The van der Waals surface area contributed by atoms with E-state index in [2.05, 4.69) is 45.6 Å². The Kier molecular flexibility index (Phi) is 4.14. The van der Waals surface area contributed by atoms with Gasteiger partial charge in [-0.15, -0.1) is 0 Å². The summed E-state index contributed by atoms with van der Waals surface area (Å²) in [5, 5.41) is 2.95. The molecule has 1 aromatic heterocycles. The molecule has 2 heterocycles. The van der Waals surface area contributed by atoms with E-state index in [1.165, 1.54) is 16.8 Å². The molecule has 4 rings (SSSR count). The predicted octanol–water partition coefficient (Wildman–Crippen LogP) is 2.20. The van der Waals surface area contributed by atoms with E-state index in [1.807, 2.05) is 23.9 Å². The van der Waals surface area contributed by atoms with E-state index in [1.54, 1.807) is 6.33 Å². The van der Waals surface area contributed by atoms with Gasteiger partial charge in [-0.2, -0.15) is 0 Å². The van der Waals surface area contributed by atoms with Crippen molar-refractivity contribution in [3.63, 3.8) is 0 Å². The Bertz CT molecular complexity index is 862. The van der Waals surface area contributed by atoms with Crippen LogP contribution in [0, 0.1) is 0 Å². The number of hydrogen-bond acceptors (Lipinski definition) is 3. The number of amides is 1. The molecule has 128 valence electrons. The minimum absolute atomic E-state index is 0.0424.